The lowest BCUT2D eigenvalue weighted by molar-refractivity contribution is 0.0525. The smallest absolute Gasteiger partial charge is 0.342 e. The van der Waals surface area contributed by atoms with Gasteiger partial charge in [-0.3, -0.25) is 4.79 Å². The molecule has 1 N–H and O–H groups in total. The van der Waals surface area contributed by atoms with Crippen molar-refractivity contribution in [2.75, 3.05) is 6.61 Å². The van der Waals surface area contributed by atoms with Gasteiger partial charge in [-0.05, 0) is 18.6 Å². The summed E-state index contributed by atoms with van der Waals surface area (Å²) >= 11 is 0. The fourth-order valence-corrected chi connectivity index (χ4v) is 2.73. The fraction of sp³-hybridized carbons (Fsp3) is 0.158. The molecule has 3 aromatic rings. The van der Waals surface area contributed by atoms with Crippen molar-refractivity contribution >= 4 is 16.9 Å². The van der Waals surface area contributed by atoms with E-state index >= 15 is 0 Å². The van der Waals surface area contributed by atoms with Crippen molar-refractivity contribution in [3.8, 4) is 5.75 Å². The summed E-state index contributed by atoms with van der Waals surface area (Å²) in [5.41, 5.74) is 0.808. The van der Waals surface area contributed by atoms with Gasteiger partial charge in [0.15, 0.2) is 5.75 Å². The molecule has 0 spiro atoms. The molecule has 0 saturated heterocycles. The molecule has 0 atom stereocenters. The molecule has 5 heteroatoms. The maximum Gasteiger partial charge on any atom is 0.342 e. The number of fused-ring (bicyclic) bond motifs is 1. The number of rotatable bonds is 4. The normalized spacial score (nSPS) is 10.7. The second kappa shape index (κ2) is 6.58. The number of hydrogen-bond acceptors (Lipinski definition) is 4. The Bertz CT molecular complexity index is 945. The van der Waals surface area contributed by atoms with Crippen LogP contribution in [0, 0.1) is 0 Å². The van der Waals surface area contributed by atoms with E-state index < -0.39 is 17.3 Å². The molecule has 122 valence electrons. The number of carbonyl (C=O) groups is 1. The molecule has 0 amide bonds. The maximum atomic E-state index is 12.6. The summed E-state index contributed by atoms with van der Waals surface area (Å²) in [7, 11) is 0. The number of aromatic nitrogens is 1. The number of pyridine rings is 1. The van der Waals surface area contributed by atoms with Crippen molar-refractivity contribution in [3.63, 3.8) is 0 Å². The standard InChI is InChI=1S/C19H17NO4/c1-2-24-19(23)16-14-10-6-7-11-15(14)20(18(22)17(16)21)12-13-8-4-3-5-9-13/h3-11,21H,2,12H2,1H3. The molecule has 0 aliphatic rings. The maximum absolute atomic E-state index is 12.6. The van der Waals surface area contributed by atoms with Crippen LogP contribution in [0.5, 0.6) is 5.75 Å². The van der Waals surface area contributed by atoms with E-state index in [1.165, 1.54) is 4.57 Å². The zero-order valence-electron chi connectivity index (χ0n) is 13.2. The highest BCUT2D eigenvalue weighted by molar-refractivity contribution is 6.05. The van der Waals surface area contributed by atoms with Gasteiger partial charge in [0.25, 0.3) is 5.56 Å². The molecule has 0 saturated carbocycles. The van der Waals surface area contributed by atoms with Crippen LogP contribution in [0.25, 0.3) is 10.9 Å². The van der Waals surface area contributed by atoms with E-state index in [-0.39, 0.29) is 12.2 Å². The molecule has 0 unspecified atom stereocenters. The molecule has 5 nitrogen and oxygen atoms in total. The number of aromatic hydroxyl groups is 1. The third-order valence-corrected chi connectivity index (χ3v) is 3.81. The van der Waals surface area contributed by atoms with Crippen LogP contribution >= 0.6 is 0 Å². The summed E-state index contributed by atoms with van der Waals surface area (Å²) in [6, 6.07) is 16.5. The average molecular weight is 323 g/mol. The largest absolute Gasteiger partial charge is 0.502 e. The first-order valence-electron chi connectivity index (χ1n) is 7.69. The van der Waals surface area contributed by atoms with E-state index in [1.54, 1.807) is 31.2 Å². The Morgan fingerprint density at radius 3 is 2.46 bits per heavy atom. The number of para-hydroxylation sites is 1. The van der Waals surface area contributed by atoms with Crippen LogP contribution in [0.1, 0.15) is 22.8 Å². The first-order chi connectivity index (χ1) is 11.6. The Hall–Kier alpha value is -3.08. The molecule has 0 aliphatic heterocycles. The molecule has 24 heavy (non-hydrogen) atoms. The third-order valence-electron chi connectivity index (χ3n) is 3.81. The molecule has 3 rings (SSSR count). The van der Waals surface area contributed by atoms with Crippen LogP contribution in [-0.2, 0) is 11.3 Å². The summed E-state index contributed by atoms with van der Waals surface area (Å²) in [4.78, 5) is 24.8. The van der Waals surface area contributed by atoms with E-state index in [2.05, 4.69) is 0 Å². The summed E-state index contributed by atoms with van der Waals surface area (Å²) in [5.74, 6) is -1.28. The Morgan fingerprint density at radius 2 is 1.75 bits per heavy atom. The first kappa shape index (κ1) is 15.8. The quantitative estimate of drug-likeness (QED) is 0.750. The summed E-state index contributed by atoms with van der Waals surface area (Å²) in [6.45, 7) is 2.14. The van der Waals surface area contributed by atoms with Gasteiger partial charge in [0, 0.05) is 5.39 Å². The van der Waals surface area contributed by atoms with Gasteiger partial charge in [-0.25, -0.2) is 4.79 Å². The lowest BCUT2D eigenvalue weighted by Gasteiger charge is -2.14. The molecule has 0 fully saturated rings. The zero-order valence-corrected chi connectivity index (χ0v) is 13.2. The van der Waals surface area contributed by atoms with Gasteiger partial charge in [-0.15, -0.1) is 0 Å². The van der Waals surface area contributed by atoms with Crippen LogP contribution in [0.2, 0.25) is 0 Å². The van der Waals surface area contributed by atoms with Gasteiger partial charge in [0.2, 0.25) is 0 Å². The second-order valence-corrected chi connectivity index (χ2v) is 5.34. The Balaban J connectivity index is 2.25. The predicted molar refractivity (Wildman–Crippen MR) is 91.4 cm³/mol. The number of nitrogens with zero attached hydrogens (tertiary/aromatic N) is 1. The Labute approximate surface area is 138 Å². The predicted octanol–water partition coefficient (Wildman–Crippen LogP) is 2.93. The van der Waals surface area contributed by atoms with Crippen molar-refractivity contribution in [1.82, 2.24) is 4.57 Å². The summed E-state index contributed by atoms with van der Waals surface area (Å²) in [6.07, 6.45) is 0. The van der Waals surface area contributed by atoms with Crippen molar-refractivity contribution in [1.29, 1.82) is 0 Å². The van der Waals surface area contributed by atoms with E-state index in [9.17, 15) is 14.7 Å². The molecule has 1 heterocycles. The second-order valence-electron chi connectivity index (χ2n) is 5.34. The molecular weight excluding hydrogens is 306 g/mol. The number of benzene rings is 2. The van der Waals surface area contributed by atoms with Crippen LogP contribution in [0.15, 0.2) is 59.4 Å². The van der Waals surface area contributed by atoms with E-state index in [4.69, 9.17) is 4.74 Å². The van der Waals surface area contributed by atoms with Gasteiger partial charge < -0.3 is 14.4 Å². The van der Waals surface area contributed by atoms with Crippen molar-refractivity contribution in [2.45, 2.75) is 13.5 Å². The van der Waals surface area contributed by atoms with Crippen molar-refractivity contribution in [2.24, 2.45) is 0 Å². The van der Waals surface area contributed by atoms with Crippen molar-refractivity contribution in [3.05, 3.63) is 76.1 Å². The van der Waals surface area contributed by atoms with Crippen LogP contribution in [0.4, 0.5) is 0 Å². The van der Waals surface area contributed by atoms with Gasteiger partial charge in [0.1, 0.15) is 5.56 Å². The van der Waals surface area contributed by atoms with Gasteiger partial charge >= 0.3 is 5.97 Å². The van der Waals surface area contributed by atoms with E-state index in [0.717, 1.165) is 5.56 Å². The van der Waals surface area contributed by atoms with E-state index in [0.29, 0.717) is 17.4 Å². The number of carbonyl (C=O) groups excluding carboxylic acids is 1. The minimum Gasteiger partial charge on any atom is -0.502 e. The lowest BCUT2D eigenvalue weighted by Crippen LogP contribution is -2.24. The molecule has 1 aromatic heterocycles. The minimum absolute atomic E-state index is 0.0817. The van der Waals surface area contributed by atoms with Crippen LogP contribution < -0.4 is 5.56 Å². The van der Waals surface area contributed by atoms with Gasteiger partial charge in [0.05, 0.1) is 18.7 Å². The highest BCUT2D eigenvalue weighted by Gasteiger charge is 2.22. The topological polar surface area (TPSA) is 68.5 Å². The molecule has 0 radical (unpaired) electrons. The minimum atomic E-state index is -0.699. The Kier molecular flexibility index (Phi) is 4.33. The fourth-order valence-electron chi connectivity index (χ4n) is 2.73. The van der Waals surface area contributed by atoms with Crippen LogP contribution in [-0.4, -0.2) is 22.2 Å². The highest BCUT2D eigenvalue weighted by atomic mass is 16.5. The van der Waals surface area contributed by atoms with Gasteiger partial charge in [-0.1, -0.05) is 48.5 Å². The van der Waals surface area contributed by atoms with E-state index in [1.807, 2.05) is 30.3 Å². The first-order valence-corrected chi connectivity index (χ1v) is 7.69. The highest BCUT2D eigenvalue weighted by Crippen LogP contribution is 2.25. The molecular formula is C19H17NO4. The molecule has 0 aliphatic carbocycles. The molecule has 0 bridgehead atoms. The summed E-state index contributed by atoms with van der Waals surface area (Å²) < 4.78 is 6.44. The van der Waals surface area contributed by atoms with Crippen LogP contribution in [0.3, 0.4) is 0 Å². The summed E-state index contributed by atoms with van der Waals surface area (Å²) in [5, 5.41) is 10.8. The molecule has 2 aromatic carbocycles. The lowest BCUT2D eigenvalue weighted by atomic mass is 10.1. The van der Waals surface area contributed by atoms with Gasteiger partial charge in [-0.2, -0.15) is 0 Å². The number of ether oxygens (including phenoxy) is 1. The van der Waals surface area contributed by atoms with Crippen molar-refractivity contribution < 1.29 is 14.6 Å². The number of esters is 1. The monoisotopic (exact) mass is 323 g/mol. The zero-order chi connectivity index (χ0) is 17.1. The third kappa shape index (κ3) is 2.76. The average Bonchev–Trinajstić information content (AvgIpc) is 2.60. The number of hydrogen-bond donors (Lipinski definition) is 1. The SMILES string of the molecule is CCOC(=O)c1c(O)c(=O)n(Cc2ccccc2)c2ccccc12. The Morgan fingerprint density at radius 1 is 1.08 bits per heavy atom.